The van der Waals surface area contributed by atoms with Crippen molar-refractivity contribution in [2.24, 2.45) is 5.92 Å². The van der Waals surface area contributed by atoms with Crippen LogP contribution in [0.5, 0.6) is 5.75 Å². The van der Waals surface area contributed by atoms with Crippen LogP contribution < -0.4 is 15.5 Å². The van der Waals surface area contributed by atoms with Crippen molar-refractivity contribution < 1.29 is 28.2 Å². The summed E-state index contributed by atoms with van der Waals surface area (Å²) in [7, 11) is 3.22. The molecule has 9 nitrogen and oxygen atoms in total. The van der Waals surface area contributed by atoms with Crippen LogP contribution in [0.25, 0.3) is 0 Å². The fourth-order valence-electron chi connectivity index (χ4n) is 4.99. The standard InChI is InChI=1S/C24H25ClFN3O6/c1-13(30)35-21-19-23(33)28(2)12-24(7-14(8-24)11-34-3)29(19)10-16(20(21)31)22(32)27-9-15-5-4-6-17(25)18(15)26/h4-6,10,14H,7-9,11-12H2,1-3H3,(H,27,32). The zero-order chi connectivity index (χ0) is 25.5. The number of carbonyl (C=O) groups is 3. The topological polar surface area (TPSA) is 107 Å². The van der Waals surface area contributed by atoms with E-state index in [2.05, 4.69) is 5.32 Å². The molecular formula is C24H25ClFN3O6. The van der Waals surface area contributed by atoms with Gasteiger partial charge in [-0.2, -0.15) is 0 Å². The normalized spacial score (nSPS) is 20.9. The number of pyridine rings is 1. The van der Waals surface area contributed by atoms with Crippen molar-refractivity contribution in [3.63, 3.8) is 0 Å². The highest BCUT2D eigenvalue weighted by molar-refractivity contribution is 6.30. The summed E-state index contributed by atoms with van der Waals surface area (Å²) in [6.07, 6.45) is 2.62. The first-order chi connectivity index (χ1) is 16.6. The van der Waals surface area contributed by atoms with E-state index in [1.807, 2.05) is 0 Å². The van der Waals surface area contributed by atoms with Gasteiger partial charge in [-0.15, -0.1) is 0 Å². The molecule has 0 bridgehead atoms. The van der Waals surface area contributed by atoms with Gasteiger partial charge in [0.2, 0.25) is 11.2 Å². The third kappa shape index (κ3) is 4.43. The fourth-order valence-corrected chi connectivity index (χ4v) is 5.18. The fraction of sp³-hybridized carbons (Fsp3) is 0.417. The molecule has 2 aliphatic rings. The monoisotopic (exact) mass is 505 g/mol. The molecule has 2 amide bonds. The molecule has 1 aliphatic carbocycles. The van der Waals surface area contributed by atoms with Gasteiger partial charge in [-0.05, 0) is 24.8 Å². The molecule has 11 heteroatoms. The lowest BCUT2D eigenvalue weighted by atomic mass is 9.67. The van der Waals surface area contributed by atoms with Crippen molar-refractivity contribution in [2.45, 2.75) is 31.8 Å². The molecule has 1 fully saturated rings. The van der Waals surface area contributed by atoms with E-state index in [0.717, 1.165) is 6.92 Å². The Labute approximate surface area is 205 Å². The quantitative estimate of drug-likeness (QED) is 0.604. The van der Waals surface area contributed by atoms with E-state index in [9.17, 15) is 23.6 Å². The highest BCUT2D eigenvalue weighted by atomic mass is 35.5. The van der Waals surface area contributed by atoms with Crippen molar-refractivity contribution in [3.05, 3.63) is 62.3 Å². The number of benzene rings is 1. The lowest BCUT2D eigenvalue weighted by Gasteiger charge is -2.54. The summed E-state index contributed by atoms with van der Waals surface area (Å²) in [6.45, 7) is 1.77. The van der Waals surface area contributed by atoms with Gasteiger partial charge in [-0.3, -0.25) is 19.2 Å². The molecule has 35 heavy (non-hydrogen) atoms. The molecule has 1 aromatic carbocycles. The van der Waals surface area contributed by atoms with Crippen LogP contribution >= 0.6 is 11.6 Å². The van der Waals surface area contributed by atoms with Gasteiger partial charge in [0.25, 0.3) is 11.8 Å². The second-order valence-electron chi connectivity index (χ2n) is 9.02. The van der Waals surface area contributed by atoms with Crippen LogP contribution in [0.1, 0.15) is 46.2 Å². The van der Waals surface area contributed by atoms with Gasteiger partial charge in [0, 0.05) is 52.5 Å². The lowest BCUT2D eigenvalue weighted by molar-refractivity contribution is -0.132. The zero-order valence-electron chi connectivity index (χ0n) is 19.5. The smallest absolute Gasteiger partial charge is 0.308 e. The molecule has 1 saturated carbocycles. The third-order valence-corrected chi connectivity index (χ3v) is 6.75. The van der Waals surface area contributed by atoms with E-state index in [0.29, 0.717) is 26.0 Å². The first-order valence-corrected chi connectivity index (χ1v) is 11.4. The summed E-state index contributed by atoms with van der Waals surface area (Å²) in [5.41, 5.74) is -1.75. The molecule has 1 aromatic heterocycles. The Kier molecular flexibility index (Phi) is 6.70. The molecule has 0 atom stereocenters. The summed E-state index contributed by atoms with van der Waals surface area (Å²) < 4.78 is 26.3. The van der Waals surface area contributed by atoms with E-state index < -0.39 is 40.3 Å². The first-order valence-electron chi connectivity index (χ1n) is 11.0. The van der Waals surface area contributed by atoms with E-state index in [4.69, 9.17) is 21.1 Å². The van der Waals surface area contributed by atoms with E-state index in [1.54, 1.807) is 24.8 Å². The van der Waals surface area contributed by atoms with Gasteiger partial charge in [0.15, 0.2) is 5.69 Å². The largest absolute Gasteiger partial charge is 0.420 e. The second-order valence-corrected chi connectivity index (χ2v) is 9.43. The molecule has 1 aliphatic heterocycles. The number of rotatable bonds is 6. The minimum absolute atomic E-state index is 0.0766. The third-order valence-electron chi connectivity index (χ3n) is 6.46. The lowest BCUT2D eigenvalue weighted by Crippen LogP contribution is -2.60. The number of likely N-dealkylation sites (N-methyl/N-ethyl adjacent to an activating group) is 1. The molecule has 186 valence electrons. The number of amides is 2. The minimum atomic E-state index is -0.901. The van der Waals surface area contributed by atoms with Crippen molar-refractivity contribution in [3.8, 4) is 5.75 Å². The average molecular weight is 506 g/mol. The number of aromatic nitrogens is 1. The molecule has 0 unspecified atom stereocenters. The van der Waals surface area contributed by atoms with Crippen LogP contribution in [0.4, 0.5) is 4.39 Å². The molecule has 0 saturated heterocycles. The zero-order valence-corrected chi connectivity index (χ0v) is 20.3. The Morgan fingerprint density at radius 2 is 2.00 bits per heavy atom. The number of nitrogens with one attached hydrogen (secondary N) is 1. The van der Waals surface area contributed by atoms with Crippen LogP contribution in [0, 0.1) is 11.7 Å². The SMILES string of the molecule is COCC1CC2(C1)CN(C)C(=O)c1c(OC(C)=O)c(=O)c(C(=O)NCc3cccc(Cl)c3F)cn12. The number of carbonyl (C=O) groups excluding carboxylic acids is 3. The van der Waals surface area contributed by atoms with Crippen LogP contribution in [0.15, 0.2) is 29.2 Å². The maximum absolute atomic E-state index is 14.2. The highest BCUT2D eigenvalue weighted by Gasteiger charge is 2.52. The van der Waals surface area contributed by atoms with Gasteiger partial charge >= 0.3 is 5.97 Å². The number of hydrogen-bond acceptors (Lipinski definition) is 6. The molecule has 0 radical (unpaired) electrons. The Balaban J connectivity index is 1.77. The molecule has 4 rings (SSSR count). The Hall–Kier alpha value is -3.24. The van der Waals surface area contributed by atoms with Crippen LogP contribution in [-0.2, 0) is 21.6 Å². The Morgan fingerprint density at radius 3 is 2.66 bits per heavy atom. The maximum Gasteiger partial charge on any atom is 0.308 e. The number of hydrogen-bond donors (Lipinski definition) is 1. The number of halogens is 2. The minimum Gasteiger partial charge on any atom is -0.420 e. The van der Waals surface area contributed by atoms with Crippen molar-refractivity contribution in [1.82, 2.24) is 14.8 Å². The number of ether oxygens (including phenoxy) is 2. The van der Waals surface area contributed by atoms with Crippen LogP contribution in [0.3, 0.4) is 0 Å². The molecule has 2 aromatic rings. The number of esters is 1. The van der Waals surface area contributed by atoms with Crippen LogP contribution in [-0.4, -0.2) is 54.6 Å². The summed E-state index contributed by atoms with van der Waals surface area (Å²) in [5, 5.41) is 2.42. The van der Waals surface area contributed by atoms with Crippen molar-refractivity contribution in [2.75, 3.05) is 27.3 Å². The van der Waals surface area contributed by atoms with E-state index >= 15 is 0 Å². The summed E-state index contributed by atoms with van der Waals surface area (Å²) in [4.78, 5) is 52.7. The molecule has 1 N–H and O–H groups in total. The predicted octanol–water partition coefficient (Wildman–Crippen LogP) is 2.33. The predicted molar refractivity (Wildman–Crippen MR) is 124 cm³/mol. The van der Waals surface area contributed by atoms with Crippen molar-refractivity contribution in [1.29, 1.82) is 0 Å². The van der Waals surface area contributed by atoms with Gasteiger partial charge in [-0.1, -0.05) is 23.7 Å². The van der Waals surface area contributed by atoms with Gasteiger partial charge < -0.3 is 24.3 Å². The van der Waals surface area contributed by atoms with Crippen LogP contribution in [0.2, 0.25) is 5.02 Å². The summed E-state index contributed by atoms with van der Waals surface area (Å²) in [6, 6.07) is 4.38. The van der Waals surface area contributed by atoms with Gasteiger partial charge in [0.1, 0.15) is 11.4 Å². The Morgan fingerprint density at radius 1 is 1.29 bits per heavy atom. The van der Waals surface area contributed by atoms with Crippen molar-refractivity contribution >= 4 is 29.4 Å². The molecular weight excluding hydrogens is 481 g/mol. The second kappa shape index (κ2) is 9.43. The Bertz CT molecular complexity index is 1270. The number of methoxy groups -OCH3 is 1. The number of nitrogens with zero attached hydrogens (tertiary/aromatic N) is 2. The highest BCUT2D eigenvalue weighted by Crippen LogP contribution is 2.48. The first kappa shape index (κ1) is 24.9. The van der Waals surface area contributed by atoms with Gasteiger partial charge in [-0.25, -0.2) is 4.39 Å². The number of fused-ring (bicyclic) bond motifs is 2. The van der Waals surface area contributed by atoms with E-state index in [1.165, 1.54) is 23.2 Å². The summed E-state index contributed by atoms with van der Waals surface area (Å²) >= 11 is 5.80. The van der Waals surface area contributed by atoms with E-state index in [-0.39, 0.29) is 34.3 Å². The molecule has 1 spiro atoms. The van der Waals surface area contributed by atoms with Gasteiger partial charge in [0.05, 0.1) is 10.6 Å². The maximum atomic E-state index is 14.2. The average Bonchev–Trinajstić information content (AvgIpc) is 2.78. The molecule has 2 heterocycles. The summed E-state index contributed by atoms with van der Waals surface area (Å²) in [5.74, 6) is -3.04.